The van der Waals surface area contributed by atoms with Crippen molar-refractivity contribution < 1.29 is 23.7 Å². The highest BCUT2D eigenvalue weighted by atomic mass is 32.1. The number of amides is 2. The van der Waals surface area contributed by atoms with E-state index < -0.39 is 0 Å². The fraction of sp³-hybridized carbons (Fsp3) is 0.360. The molecular formula is C25H30N4O5S. The molecule has 2 N–H and O–H groups in total. The van der Waals surface area contributed by atoms with E-state index in [4.69, 9.17) is 23.9 Å². The molecule has 1 aromatic heterocycles. The van der Waals surface area contributed by atoms with Gasteiger partial charge in [-0.1, -0.05) is 0 Å². The highest BCUT2D eigenvalue weighted by Gasteiger charge is 2.16. The normalized spacial score (nSPS) is 12.5. The number of carbonyl (C=O) groups is 1. The lowest BCUT2D eigenvalue weighted by Gasteiger charge is -2.11. The number of benzene rings is 2. The number of nitrogens with zero attached hydrogens (tertiary/aromatic N) is 2. The van der Waals surface area contributed by atoms with E-state index in [1.54, 1.807) is 25.6 Å². The van der Waals surface area contributed by atoms with Crippen molar-refractivity contribution in [2.24, 2.45) is 4.99 Å². The molecule has 0 saturated heterocycles. The molecule has 0 fully saturated rings. The highest BCUT2D eigenvalue weighted by Crippen LogP contribution is 2.36. The van der Waals surface area contributed by atoms with Gasteiger partial charge in [0.15, 0.2) is 16.3 Å². The van der Waals surface area contributed by atoms with Crippen LogP contribution in [0.3, 0.4) is 0 Å². The Bertz CT molecular complexity index is 1240. The Morgan fingerprint density at radius 3 is 2.77 bits per heavy atom. The minimum atomic E-state index is -0.157. The van der Waals surface area contributed by atoms with Gasteiger partial charge in [0.2, 0.25) is 6.79 Å². The van der Waals surface area contributed by atoms with E-state index in [0.29, 0.717) is 26.2 Å². The Labute approximate surface area is 208 Å². The topological polar surface area (TPSA) is 95.3 Å². The quantitative estimate of drug-likeness (QED) is 0.415. The van der Waals surface area contributed by atoms with E-state index in [-0.39, 0.29) is 12.8 Å². The SMILES string of the molecule is CCNC(=O)NCCCn1c(-c2ccc3c(c2)OCO3)cs/c1=N\Cc1ccc(OC)cc1OC. The standard InChI is InChI=1S/C25H30N4O5S/c1-4-26-24(30)27-10-5-11-29-20(17-7-9-21-23(12-17)34-16-33-21)15-35-25(29)28-14-18-6-8-19(31-2)13-22(18)32-3/h6-9,12-13,15H,4-5,10-11,14,16H2,1-3H3,(H2,26,27,30)/b28-25-. The second-order valence-corrected chi connectivity index (χ2v) is 8.59. The third-order valence-electron chi connectivity index (χ3n) is 5.53. The number of ether oxygens (including phenoxy) is 4. The van der Waals surface area contributed by atoms with Crippen molar-refractivity contribution in [2.75, 3.05) is 34.1 Å². The van der Waals surface area contributed by atoms with Crippen LogP contribution in [-0.2, 0) is 13.1 Å². The molecule has 2 amide bonds. The molecular weight excluding hydrogens is 468 g/mol. The number of hydrogen-bond acceptors (Lipinski definition) is 7. The van der Waals surface area contributed by atoms with Crippen molar-refractivity contribution in [3.8, 4) is 34.3 Å². The maximum atomic E-state index is 11.7. The number of nitrogens with one attached hydrogen (secondary N) is 2. The summed E-state index contributed by atoms with van der Waals surface area (Å²) in [6.45, 7) is 4.43. The Morgan fingerprint density at radius 1 is 1.11 bits per heavy atom. The number of fused-ring (bicyclic) bond motifs is 1. The molecule has 0 bridgehead atoms. The molecule has 0 spiro atoms. The number of rotatable bonds is 10. The van der Waals surface area contributed by atoms with E-state index in [0.717, 1.165) is 51.0 Å². The molecule has 1 aliphatic rings. The van der Waals surface area contributed by atoms with Crippen molar-refractivity contribution in [1.29, 1.82) is 0 Å². The molecule has 0 atom stereocenters. The zero-order valence-electron chi connectivity index (χ0n) is 20.1. The number of methoxy groups -OCH3 is 2. The molecule has 2 aromatic carbocycles. The van der Waals surface area contributed by atoms with Crippen LogP contribution in [0, 0.1) is 0 Å². The van der Waals surface area contributed by atoms with E-state index >= 15 is 0 Å². The van der Waals surface area contributed by atoms with Gasteiger partial charge >= 0.3 is 6.03 Å². The maximum absolute atomic E-state index is 11.7. The fourth-order valence-electron chi connectivity index (χ4n) is 3.75. The lowest BCUT2D eigenvalue weighted by Crippen LogP contribution is -2.36. The summed E-state index contributed by atoms with van der Waals surface area (Å²) in [4.78, 5) is 17.5. The number of hydrogen-bond donors (Lipinski definition) is 2. The van der Waals surface area contributed by atoms with Crippen LogP contribution in [-0.4, -0.2) is 44.7 Å². The van der Waals surface area contributed by atoms with Crippen LogP contribution in [0.25, 0.3) is 11.3 Å². The van der Waals surface area contributed by atoms with Crippen LogP contribution in [0.2, 0.25) is 0 Å². The summed E-state index contributed by atoms with van der Waals surface area (Å²) in [7, 11) is 3.27. The van der Waals surface area contributed by atoms with Gasteiger partial charge in [0.25, 0.3) is 0 Å². The monoisotopic (exact) mass is 498 g/mol. The van der Waals surface area contributed by atoms with Gasteiger partial charge in [0, 0.05) is 42.2 Å². The van der Waals surface area contributed by atoms with Gasteiger partial charge in [-0.2, -0.15) is 0 Å². The Morgan fingerprint density at radius 2 is 1.97 bits per heavy atom. The second kappa shape index (κ2) is 11.7. The minimum Gasteiger partial charge on any atom is -0.497 e. The molecule has 9 nitrogen and oxygen atoms in total. The third-order valence-corrected chi connectivity index (χ3v) is 6.43. The summed E-state index contributed by atoms with van der Waals surface area (Å²) in [5, 5.41) is 7.73. The molecule has 0 saturated carbocycles. The maximum Gasteiger partial charge on any atom is 0.314 e. The Balaban J connectivity index is 1.60. The lowest BCUT2D eigenvalue weighted by molar-refractivity contribution is 0.174. The first-order valence-electron chi connectivity index (χ1n) is 11.4. The van der Waals surface area contributed by atoms with Crippen LogP contribution >= 0.6 is 11.3 Å². The van der Waals surface area contributed by atoms with Gasteiger partial charge in [0.05, 0.1) is 26.5 Å². The molecule has 10 heteroatoms. The lowest BCUT2D eigenvalue weighted by atomic mass is 10.1. The molecule has 35 heavy (non-hydrogen) atoms. The van der Waals surface area contributed by atoms with Gasteiger partial charge in [0.1, 0.15) is 11.5 Å². The Hall–Kier alpha value is -3.66. The number of aromatic nitrogens is 1. The molecule has 2 heterocycles. The molecule has 4 rings (SSSR count). The average Bonchev–Trinajstić information content (AvgIpc) is 3.51. The van der Waals surface area contributed by atoms with E-state index in [1.807, 2.05) is 43.3 Å². The van der Waals surface area contributed by atoms with E-state index in [2.05, 4.69) is 20.6 Å². The van der Waals surface area contributed by atoms with Gasteiger partial charge in [-0.05, 0) is 43.7 Å². The first kappa shape index (κ1) is 24.5. The summed E-state index contributed by atoms with van der Waals surface area (Å²) in [5.41, 5.74) is 3.02. The first-order chi connectivity index (χ1) is 17.1. The molecule has 1 aliphatic heterocycles. The average molecular weight is 499 g/mol. The van der Waals surface area contributed by atoms with Crippen LogP contribution < -0.4 is 34.4 Å². The van der Waals surface area contributed by atoms with E-state index in [9.17, 15) is 4.79 Å². The van der Waals surface area contributed by atoms with Crippen molar-refractivity contribution in [3.63, 3.8) is 0 Å². The predicted octanol–water partition coefficient (Wildman–Crippen LogP) is 3.77. The molecule has 3 aromatic rings. The van der Waals surface area contributed by atoms with Crippen molar-refractivity contribution >= 4 is 17.4 Å². The number of thiazole rings is 1. The van der Waals surface area contributed by atoms with Crippen molar-refractivity contribution in [3.05, 3.63) is 52.1 Å². The summed E-state index contributed by atoms with van der Waals surface area (Å²) < 4.78 is 24.0. The molecule has 186 valence electrons. The number of urea groups is 1. The molecule has 0 radical (unpaired) electrons. The largest absolute Gasteiger partial charge is 0.497 e. The zero-order chi connectivity index (χ0) is 24.6. The Kier molecular flexibility index (Phi) is 8.15. The summed E-state index contributed by atoms with van der Waals surface area (Å²) in [5.74, 6) is 2.96. The van der Waals surface area contributed by atoms with Gasteiger partial charge in [-0.3, -0.25) is 4.99 Å². The van der Waals surface area contributed by atoms with Crippen LogP contribution in [0.1, 0.15) is 18.9 Å². The van der Waals surface area contributed by atoms with Crippen molar-refractivity contribution in [1.82, 2.24) is 15.2 Å². The summed E-state index contributed by atoms with van der Waals surface area (Å²) >= 11 is 1.58. The molecule has 0 unspecified atom stereocenters. The van der Waals surface area contributed by atoms with Crippen molar-refractivity contribution in [2.45, 2.75) is 26.4 Å². The fourth-order valence-corrected chi connectivity index (χ4v) is 4.69. The summed E-state index contributed by atoms with van der Waals surface area (Å²) in [6.07, 6.45) is 0.754. The second-order valence-electron chi connectivity index (χ2n) is 7.76. The smallest absolute Gasteiger partial charge is 0.314 e. The predicted molar refractivity (Wildman–Crippen MR) is 134 cm³/mol. The van der Waals surface area contributed by atoms with Gasteiger partial charge in [-0.25, -0.2) is 4.79 Å². The summed E-state index contributed by atoms with van der Waals surface area (Å²) in [6, 6.07) is 11.5. The first-order valence-corrected chi connectivity index (χ1v) is 12.3. The van der Waals surface area contributed by atoms with Crippen LogP contribution in [0.4, 0.5) is 4.79 Å². The highest BCUT2D eigenvalue weighted by molar-refractivity contribution is 7.07. The third kappa shape index (κ3) is 5.89. The van der Waals surface area contributed by atoms with Gasteiger partial charge in [-0.15, -0.1) is 11.3 Å². The minimum absolute atomic E-state index is 0.157. The van der Waals surface area contributed by atoms with E-state index in [1.165, 1.54) is 0 Å². The van der Waals surface area contributed by atoms with Crippen LogP contribution in [0.5, 0.6) is 23.0 Å². The number of carbonyl (C=O) groups excluding carboxylic acids is 1. The van der Waals surface area contributed by atoms with Crippen LogP contribution in [0.15, 0.2) is 46.8 Å². The zero-order valence-corrected chi connectivity index (χ0v) is 20.9. The molecule has 0 aliphatic carbocycles. The van der Waals surface area contributed by atoms with Gasteiger partial charge < -0.3 is 34.1 Å².